The second-order valence-electron chi connectivity index (χ2n) is 3.89. The number of hydrogen-bond acceptors (Lipinski definition) is 4. The van der Waals surface area contributed by atoms with Gasteiger partial charge in [0.2, 0.25) is 0 Å². The van der Waals surface area contributed by atoms with Crippen LogP contribution in [0.4, 0.5) is 0 Å². The number of amides is 1. The van der Waals surface area contributed by atoms with E-state index in [1.165, 1.54) is 0 Å². The summed E-state index contributed by atoms with van der Waals surface area (Å²) in [6.07, 6.45) is 0.188. The van der Waals surface area contributed by atoms with Crippen molar-refractivity contribution in [3.8, 4) is 0 Å². The molecule has 0 saturated carbocycles. The van der Waals surface area contributed by atoms with Crippen molar-refractivity contribution in [1.82, 2.24) is 5.32 Å². The SMILES string of the molecule is NCCNC(=O)c1cccc(CC(N)C(=O)O)c1. The van der Waals surface area contributed by atoms with Crippen molar-refractivity contribution in [2.45, 2.75) is 12.5 Å². The molecule has 0 spiro atoms. The molecule has 98 valence electrons. The minimum Gasteiger partial charge on any atom is -0.480 e. The summed E-state index contributed by atoms with van der Waals surface area (Å²) in [7, 11) is 0. The molecular weight excluding hydrogens is 234 g/mol. The van der Waals surface area contributed by atoms with Crippen LogP contribution >= 0.6 is 0 Å². The highest BCUT2D eigenvalue weighted by Crippen LogP contribution is 2.07. The summed E-state index contributed by atoms with van der Waals surface area (Å²) < 4.78 is 0. The lowest BCUT2D eigenvalue weighted by molar-refractivity contribution is -0.138. The van der Waals surface area contributed by atoms with Gasteiger partial charge in [-0.05, 0) is 24.1 Å². The van der Waals surface area contributed by atoms with Gasteiger partial charge in [-0.25, -0.2) is 0 Å². The third kappa shape index (κ3) is 4.15. The molecule has 1 aromatic rings. The van der Waals surface area contributed by atoms with Crippen LogP contribution in [-0.2, 0) is 11.2 Å². The number of carboxylic acids is 1. The second-order valence-corrected chi connectivity index (χ2v) is 3.89. The van der Waals surface area contributed by atoms with Gasteiger partial charge in [0, 0.05) is 18.7 Å². The zero-order valence-corrected chi connectivity index (χ0v) is 9.93. The topological polar surface area (TPSA) is 118 Å². The summed E-state index contributed by atoms with van der Waals surface area (Å²) in [6, 6.07) is 5.76. The Morgan fingerprint density at radius 3 is 2.72 bits per heavy atom. The first-order valence-corrected chi connectivity index (χ1v) is 5.60. The Kier molecular flexibility index (Phi) is 5.29. The molecule has 0 aliphatic rings. The van der Waals surface area contributed by atoms with E-state index in [0.29, 0.717) is 24.2 Å². The lowest BCUT2D eigenvalue weighted by Crippen LogP contribution is -2.32. The Bertz CT molecular complexity index is 434. The average Bonchev–Trinajstić information content (AvgIpc) is 2.36. The van der Waals surface area contributed by atoms with Gasteiger partial charge in [0.1, 0.15) is 6.04 Å². The van der Waals surface area contributed by atoms with Gasteiger partial charge in [0.25, 0.3) is 5.91 Å². The average molecular weight is 251 g/mol. The summed E-state index contributed by atoms with van der Waals surface area (Å²) >= 11 is 0. The Morgan fingerprint density at radius 1 is 1.39 bits per heavy atom. The molecule has 0 radical (unpaired) electrons. The highest BCUT2D eigenvalue weighted by Gasteiger charge is 2.13. The molecular formula is C12H17N3O3. The van der Waals surface area contributed by atoms with Crippen LogP contribution in [0.25, 0.3) is 0 Å². The largest absolute Gasteiger partial charge is 0.480 e. The zero-order valence-electron chi connectivity index (χ0n) is 9.93. The fourth-order valence-electron chi connectivity index (χ4n) is 1.47. The number of benzene rings is 1. The van der Waals surface area contributed by atoms with Gasteiger partial charge in [0.05, 0.1) is 0 Å². The number of aliphatic carboxylic acids is 1. The lowest BCUT2D eigenvalue weighted by Gasteiger charge is -2.08. The van der Waals surface area contributed by atoms with Gasteiger partial charge < -0.3 is 21.9 Å². The molecule has 0 fully saturated rings. The van der Waals surface area contributed by atoms with E-state index in [1.54, 1.807) is 24.3 Å². The highest BCUT2D eigenvalue weighted by atomic mass is 16.4. The second kappa shape index (κ2) is 6.73. The third-order valence-corrected chi connectivity index (χ3v) is 2.39. The van der Waals surface area contributed by atoms with Gasteiger partial charge >= 0.3 is 5.97 Å². The quantitative estimate of drug-likeness (QED) is 0.534. The first-order chi connectivity index (χ1) is 8.54. The van der Waals surface area contributed by atoms with Gasteiger partial charge in [-0.15, -0.1) is 0 Å². The van der Waals surface area contributed by atoms with Crippen LogP contribution in [0.5, 0.6) is 0 Å². The minimum absolute atomic E-state index is 0.188. The van der Waals surface area contributed by atoms with E-state index in [-0.39, 0.29) is 12.3 Å². The van der Waals surface area contributed by atoms with Crippen LogP contribution in [0.2, 0.25) is 0 Å². The van der Waals surface area contributed by atoms with Crippen molar-refractivity contribution < 1.29 is 14.7 Å². The zero-order chi connectivity index (χ0) is 13.5. The summed E-state index contributed by atoms with van der Waals surface area (Å²) in [5.41, 5.74) is 11.9. The number of nitrogens with two attached hydrogens (primary N) is 2. The summed E-state index contributed by atoms with van der Waals surface area (Å²) in [4.78, 5) is 22.3. The molecule has 0 heterocycles. The molecule has 18 heavy (non-hydrogen) atoms. The van der Waals surface area contributed by atoms with Crippen LogP contribution in [0.3, 0.4) is 0 Å². The van der Waals surface area contributed by atoms with Gasteiger partial charge in [0.15, 0.2) is 0 Å². The third-order valence-electron chi connectivity index (χ3n) is 2.39. The fourth-order valence-corrected chi connectivity index (χ4v) is 1.47. The first-order valence-electron chi connectivity index (χ1n) is 5.60. The van der Waals surface area contributed by atoms with E-state index in [1.807, 2.05) is 0 Å². The maximum absolute atomic E-state index is 11.7. The maximum atomic E-state index is 11.7. The number of carbonyl (C=O) groups is 2. The van der Waals surface area contributed by atoms with Crippen molar-refractivity contribution in [1.29, 1.82) is 0 Å². The van der Waals surface area contributed by atoms with Crippen molar-refractivity contribution in [2.75, 3.05) is 13.1 Å². The van der Waals surface area contributed by atoms with Crippen molar-refractivity contribution >= 4 is 11.9 Å². The lowest BCUT2D eigenvalue weighted by atomic mass is 10.0. The number of hydrogen-bond donors (Lipinski definition) is 4. The maximum Gasteiger partial charge on any atom is 0.320 e. The number of carbonyl (C=O) groups excluding carboxylic acids is 1. The molecule has 0 bridgehead atoms. The molecule has 6 N–H and O–H groups in total. The Hall–Kier alpha value is -1.92. The number of rotatable bonds is 6. The number of nitrogens with one attached hydrogen (secondary N) is 1. The Morgan fingerprint density at radius 2 is 2.11 bits per heavy atom. The van der Waals surface area contributed by atoms with Crippen LogP contribution < -0.4 is 16.8 Å². The fraction of sp³-hybridized carbons (Fsp3) is 0.333. The van der Waals surface area contributed by atoms with E-state index in [0.717, 1.165) is 0 Å². The molecule has 6 heteroatoms. The van der Waals surface area contributed by atoms with Crippen LogP contribution in [0.15, 0.2) is 24.3 Å². The van der Waals surface area contributed by atoms with Crippen LogP contribution in [0.1, 0.15) is 15.9 Å². The predicted octanol–water partition coefficient (Wildman–Crippen LogP) is -0.670. The molecule has 1 atom stereocenters. The Labute approximate surface area is 105 Å². The highest BCUT2D eigenvalue weighted by molar-refractivity contribution is 5.94. The van der Waals surface area contributed by atoms with Gasteiger partial charge in [-0.2, -0.15) is 0 Å². The molecule has 1 unspecified atom stereocenters. The monoisotopic (exact) mass is 251 g/mol. The van der Waals surface area contributed by atoms with E-state index in [2.05, 4.69) is 5.32 Å². The molecule has 6 nitrogen and oxygen atoms in total. The van der Waals surface area contributed by atoms with E-state index in [9.17, 15) is 9.59 Å². The van der Waals surface area contributed by atoms with E-state index >= 15 is 0 Å². The Balaban J connectivity index is 2.73. The molecule has 0 aliphatic heterocycles. The molecule has 1 aromatic carbocycles. The molecule has 0 saturated heterocycles. The summed E-state index contributed by atoms with van der Waals surface area (Å²) in [6.45, 7) is 0.771. The molecule has 0 aliphatic carbocycles. The smallest absolute Gasteiger partial charge is 0.320 e. The van der Waals surface area contributed by atoms with Gasteiger partial charge in [-0.1, -0.05) is 12.1 Å². The van der Waals surface area contributed by atoms with Gasteiger partial charge in [-0.3, -0.25) is 9.59 Å². The van der Waals surface area contributed by atoms with E-state index < -0.39 is 12.0 Å². The summed E-state index contributed by atoms with van der Waals surface area (Å²) in [5.74, 6) is -1.29. The first kappa shape index (κ1) is 14.1. The standard InChI is InChI=1S/C12H17N3O3/c13-4-5-15-11(16)9-3-1-2-8(6-9)7-10(14)12(17)18/h1-3,6,10H,4-5,7,13-14H2,(H,15,16)(H,17,18). The number of carboxylic acid groups (broad SMARTS) is 1. The predicted molar refractivity (Wildman–Crippen MR) is 67.1 cm³/mol. The van der Waals surface area contributed by atoms with E-state index in [4.69, 9.17) is 16.6 Å². The van der Waals surface area contributed by atoms with Crippen LogP contribution in [0, 0.1) is 0 Å². The van der Waals surface area contributed by atoms with Crippen LogP contribution in [-0.4, -0.2) is 36.1 Å². The normalized spacial score (nSPS) is 11.9. The van der Waals surface area contributed by atoms with Crippen molar-refractivity contribution in [2.24, 2.45) is 11.5 Å². The molecule has 1 amide bonds. The minimum atomic E-state index is -1.06. The molecule has 0 aromatic heterocycles. The summed E-state index contributed by atoms with van der Waals surface area (Å²) in [5, 5.41) is 11.4. The molecule has 1 rings (SSSR count). The van der Waals surface area contributed by atoms with Crippen molar-refractivity contribution in [3.05, 3.63) is 35.4 Å². The van der Waals surface area contributed by atoms with Crippen molar-refractivity contribution in [3.63, 3.8) is 0 Å².